The summed E-state index contributed by atoms with van der Waals surface area (Å²) in [7, 11) is 0. The second-order valence-corrected chi connectivity index (χ2v) is 6.44. The molecule has 0 bridgehead atoms. The van der Waals surface area contributed by atoms with E-state index in [2.05, 4.69) is 0 Å². The number of benzene rings is 2. The van der Waals surface area contributed by atoms with Gasteiger partial charge in [-0.1, -0.05) is 34.8 Å². The van der Waals surface area contributed by atoms with Gasteiger partial charge in [0, 0.05) is 14.2 Å². The van der Waals surface area contributed by atoms with E-state index < -0.39 is 11.7 Å². The van der Waals surface area contributed by atoms with E-state index in [1.807, 2.05) is 22.6 Å². The van der Waals surface area contributed by atoms with Crippen molar-refractivity contribution in [1.82, 2.24) is 0 Å². The summed E-state index contributed by atoms with van der Waals surface area (Å²) in [6.45, 7) is 0. The van der Waals surface area contributed by atoms with Crippen molar-refractivity contribution in [1.29, 1.82) is 0 Å². The fourth-order valence-corrected chi connectivity index (χ4v) is 2.98. The molecule has 2 rings (SSSR count). The maximum atomic E-state index is 12.8. The van der Waals surface area contributed by atoms with Crippen LogP contribution in [0.4, 0.5) is 13.2 Å². The summed E-state index contributed by atoms with van der Waals surface area (Å²) in [6.07, 6.45) is -4.42. The van der Waals surface area contributed by atoms with Crippen LogP contribution in [0.15, 0.2) is 30.3 Å². The molecule has 0 aliphatic carbocycles. The topological polar surface area (TPSA) is 0 Å². The third kappa shape index (κ3) is 3.53. The monoisotopic (exact) mass is 450 g/mol. The van der Waals surface area contributed by atoms with Crippen molar-refractivity contribution in [2.75, 3.05) is 0 Å². The summed E-state index contributed by atoms with van der Waals surface area (Å²) in [4.78, 5) is 0. The molecule has 0 radical (unpaired) electrons. The van der Waals surface area contributed by atoms with E-state index in [0.29, 0.717) is 14.7 Å². The highest BCUT2D eigenvalue weighted by Crippen LogP contribution is 2.38. The SMILES string of the molecule is FC(F)(F)c1cc(I)cc(-c2cc(Cl)c(Cl)cc2Cl)c1. The molecule has 0 N–H and O–H groups in total. The second kappa shape index (κ2) is 5.91. The molecule has 0 amide bonds. The first-order chi connectivity index (χ1) is 9.18. The first-order valence-electron chi connectivity index (χ1n) is 5.21. The number of alkyl halides is 3. The summed E-state index contributed by atoms with van der Waals surface area (Å²) in [5, 5.41) is 0.732. The molecule has 0 unspecified atom stereocenters. The zero-order valence-corrected chi connectivity index (χ0v) is 14.0. The van der Waals surface area contributed by atoms with E-state index in [1.165, 1.54) is 12.1 Å². The van der Waals surface area contributed by atoms with Crippen molar-refractivity contribution in [3.63, 3.8) is 0 Å². The Balaban J connectivity index is 2.64. The molecule has 2 aromatic rings. The van der Waals surface area contributed by atoms with Gasteiger partial charge < -0.3 is 0 Å². The normalized spacial score (nSPS) is 11.8. The molecule has 0 saturated carbocycles. The van der Waals surface area contributed by atoms with Crippen molar-refractivity contribution >= 4 is 57.4 Å². The van der Waals surface area contributed by atoms with E-state index in [1.54, 1.807) is 6.07 Å². The molecule has 0 aliphatic heterocycles. The number of hydrogen-bond acceptors (Lipinski definition) is 0. The summed E-state index contributed by atoms with van der Waals surface area (Å²) >= 11 is 19.6. The molecular weight excluding hydrogens is 446 g/mol. The van der Waals surface area contributed by atoms with Gasteiger partial charge in [-0.05, 0) is 58.5 Å². The van der Waals surface area contributed by atoms with E-state index in [4.69, 9.17) is 34.8 Å². The minimum atomic E-state index is -4.42. The van der Waals surface area contributed by atoms with Crippen molar-refractivity contribution in [3.05, 3.63) is 54.5 Å². The van der Waals surface area contributed by atoms with Crippen LogP contribution in [-0.2, 0) is 6.18 Å². The number of hydrogen-bond donors (Lipinski definition) is 0. The highest BCUT2D eigenvalue weighted by Gasteiger charge is 2.31. The van der Waals surface area contributed by atoms with Crippen LogP contribution in [0.3, 0.4) is 0 Å². The summed E-state index contributed by atoms with van der Waals surface area (Å²) in [5.41, 5.74) is 0.0133. The van der Waals surface area contributed by atoms with E-state index in [-0.39, 0.29) is 15.1 Å². The molecule has 0 spiro atoms. The lowest BCUT2D eigenvalue weighted by Gasteiger charge is -2.12. The van der Waals surface area contributed by atoms with Crippen molar-refractivity contribution in [2.45, 2.75) is 6.18 Å². The Hall–Kier alpha value is -0.170. The van der Waals surface area contributed by atoms with Gasteiger partial charge >= 0.3 is 6.18 Å². The Morgan fingerprint density at radius 2 is 1.40 bits per heavy atom. The maximum absolute atomic E-state index is 12.8. The lowest BCUT2D eigenvalue weighted by Crippen LogP contribution is -2.05. The van der Waals surface area contributed by atoms with Crippen LogP contribution in [0.5, 0.6) is 0 Å². The van der Waals surface area contributed by atoms with Crippen LogP contribution >= 0.6 is 57.4 Å². The molecular formula is C13H5Cl3F3I. The standard InChI is InChI=1S/C13H5Cl3F3I/c14-10-5-12(16)11(15)4-9(10)6-1-7(13(17,18)19)3-8(20)2-6/h1-5H. The first kappa shape index (κ1) is 16.2. The average molecular weight is 451 g/mol. The lowest BCUT2D eigenvalue weighted by molar-refractivity contribution is -0.137. The third-order valence-electron chi connectivity index (χ3n) is 2.55. The third-order valence-corrected chi connectivity index (χ3v) is 4.20. The summed E-state index contributed by atoms with van der Waals surface area (Å²) < 4.78 is 38.9. The van der Waals surface area contributed by atoms with Gasteiger partial charge in [-0.15, -0.1) is 0 Å². The Kier molecular flexibility index (Phi) is 4.79. The zero-order chi connectivity index (χ0) is 15.1. The van der Waals surface area contributed by atoms with Gasteiger partial charge in [0.15, 0.2) is 0 Å². The molecule has 106 valence electrons. The van der Waals surface area contributed by atoms with Gasteiger partial charge in [-0.2, -0.15) is 13.2 Å². The summed E-state index contributed by atoms with van der Waals surface area (Å²) in [5.74, 6) is 0. The second-order valence-electron chi connectivity index (χ2n) is 3.97. The minimum absolute atomic E-state index is 0.235. The lowest BCUT2D eigenvalue weighted by atomic mass is 10.0. The van der Waals surface area contributed by atoms with Crippen molar-refractivity contribution in [2.24, 2.45) is 0 Å². The highest BCUT2D eigenvalue weighted by atomic mass is 127. The molecule has 0 fully saturated rings. The van der Waals surface area contributed by atoms with Crippen LogP contribution in [0.1, 0.15) is 5.56 Å². The highest BCUT2D eigenvalue weighted by molar-refractivity contribution is 14.1. The largest absolute Gasteiger partial charge is 0.416 e. The Bertz CT molecular complexity index is 669. The van der Waals surface area contributed by atoms with Crippen molar-refractivity contribution in [3.8, 4) is 11.1 Å². The van der Waals surface area contributed by atoms with Crippen LogP contribution < -0.4 is 0 Å². The van der Waals surface area contributed by atoms with Gasteiger partial charge in [-0.3, -0.25) is 0 Å². The zero-order valence-electron chi connectivity index (χ0n) is 9.53. The van der Waals surface area contributed by atoms with Gasteiger partial charge in [0.05, 0.1) is 15.6 Å². The molecule has 7 heteroatoms. The number of rotatable bonds is 1. The van der Waals surface area contributed by atoms with Crippen LogP contribution in [0.25, 0.3) is 11.1 Å². The van der Waals surface area contributed by atoms with Gasteiger partial charge in [0.1, 0.15) is 0 Å². The Labute approximate surface area is 142 Å². The molecule has 2 aromatic carbocycles. The molecule has 0 aliphatic rings. The smallest absolute Gasteiger partial charge is 0.166 e. The van der Waals surface area contributed by atoms with Gasteiger partial charge in [0.2, 0.25) is 0 Å². The quantitative estimate of drug-likeness (QED) is 0.326. The van der Waals surface area contributed by atoms with Crippen LogP contribution in [-0.4, -0.2) is 0 Å². The molecule has 20 heavy (non-hydrogen) atoms. The van der Waals surface area contributed by atoms with Gasteiger partial charge in [0.25, 0.3) is 0 Å². The number of halogens is 7. The Morgan fingerprint density at radius 3 is 2.00 bits per heavy atom. The van der Waals surface area contributed by atoms with Crippen LogP contribution in [0.2, 0.25) is 15.1 Å². The maximum Gasteiger partial charge on any atom is 0.416 e. The van der Waals surface area contributed by atoms with Gasteiger partial charge in [-0.25, -0.2) is 0 Å². The fourth-order valence-electron chi connectivity index (χ4n) is 1.65. The first-order valence-corrected chi connectivity index (χ1v) is 7.42. The molecule has 0 atom stereocenters. The molecule has 0 nitrogen and oxygen atoms in total. The molecule has 0 saturated heterocycles. The average Bonchev–Trinajstić information content (AvgIpc) is 2.32. The molecule has 0 heterocycles. The van der Waals surface area contributed by atoms with Crippen LogP contribution in [0, 0.1) is 3.57 Å². The van der Waals surface area contributed by atoms with E-state index in [0.717, 1.165) is 12.1 Å². The predicted molar refractivity (Wildman–Crippen MR) is 84.6 cm³/mol. The minimum Gasteiger partial charge on any atom is -0.166 e. The Morgan fingerprint density at radius 1 is 0.800 bits per heavy atom. The van der Waals surface area contributed by atoms with E-state index >= 15 is 0 Å². The fraction of sp³-hybridized carbons (Fsp3) is 0.0769. The molecule has 0 aromatic heterocycles. The van der Waals surface area contributed by atoms with Crippen molar-refractivity contribution < 1.29 is 13.2 Å². The summed E-state index contributed by atoms with van der Waals surface area (Å²) in [6, 6.07) is 6.57. The predicted octanol–water partition coefficient (Wildman–Crippen LogP) is 6.94. The van der Waals surface area contributed by atoms with E-state index in [9.17, 15) is 13.2 Å².